The fourth-order valence-corrected chi connectivity index (χ4v) is 2.44. The minimum absolute atomic E-state index is 0. The van der Waals surface area contributed by atoms with Crippen LogP contribution in [0.15, 0.2) is 22.7 Å². The van der Waals surface area contributed by atoms with Crippen LogP contribution in [0, 0.1) is 0 Å². The van der Waals surface area contributed by atoms with E-state index >= 15 is 0 Å². The molecule has 0 unspecified atom stereocenters. The Labute approximate surface area is 157 Å². The van der Waals surface area contributed by atoms with Crippen molar-refractivity contribution in [1.29, 1.82) is 0 Å². The highest BCUT2D eigenvalue weighted by molar-refractivity contribution is 5.92. The van der Waals surface area contributed by atoms with E-state index in [2.05, 4.69) is 15.5 Å². The molecule has 2 heterocycles. The van der Waals surface area contributed by atoms with E-state index in [4.69, 9.17) is 19.7 Å². The summed E-state index contributed by atoms with van der Waals surface area (Å²) in [7, 11) is 0. The lowest BCUT2D eigenvalue weighted by molar-refractivity contribution is -0.117. The maximum absolute atomic E-state index is 12.3. The number of ether oxygens (including phenoxy) is 2. The monoisotopic (exact) mass is 383 g/mol. The van der Waals surface area contributed by atoms with Gasteiger partial charge in [-0.25, -0.2) is 0 Å². The Morgan fingerprint density at radius 2 is 2.08 bits per heavy atom. The average Bonchev–Trinajstić information content (AvgIpc) is 3.08. The van der Waals surface area contributed by atoms with Crippen LogP contribution in [0.5, 0.6) is 11.5 Å². The fraction of sp³-hybridized carbons (Fsp3) is 0.438. The predicted molar refractivity (Wildman–Crippen MR) is 96.5 cm³/mol. The Bertz CT molecular complexity index is 739. The molecule has 0 fully saturated rings. The number of nitrogens with two attached hydrogens (primary N) is 1. The molecule has 10 heteroatoms. The third-order valence-corrected chi connectivity index (χ3v) is 3.69. The molecule has 0 bridgehead atoms. The topological polar surface area (TPSA) is 116 Å². The molecule has 0 spiro atoms. The number of benzene rings is 1. The summed E-state index contributed by atoms with van der Waals surface area (Å²) in [5.74, 6) is 2.08. The molecule has 1 amide bonds. The van der Waals surface area contributed by atoms with Crippen LogP contribution in [0.1, 0.15) is 18.6 Å². The Hall–Kier alpha value is -2.36. The number of hydrogen-bond donors (Lipinski definition) is 2. The van der Waals surface area contributed by atoms with Gasteiger partial charge in [0.05, 0.1) is 19.6 Å². The summed E-state index contributed by atoms with van der Waals surface area (Å²) in [6.45, 7) is 4.48. The summed E-state index contributed by atoms with van der Waals surface area (Å²) >= 11 is 0. The number of likely N-dealkylation sites (N-methyl/N-ethyl adjacent to an activating group) is 1. The third kappa shape index (κ3) is 5.07. The first-order valence-corrected chi connectivity index (χ1v) is 8.11. The largest absolute Gasteiger partial charge is 0.486 e. The summed E-state index contributed by atoms with van der Waals surface area (Å²) in [6, 6.07) is 5.33. The lowest BCUT2D eigenvalue weighted by Crippen LogP contribution is -2.33. The van der Waals surface area contributed by atoms with Gasteiger partial charge in [-0.15, -0.1) is 12.4 Å². The highest BCUT2D eigenvalue weighted by Gasteiger charge is 2.16. The minimum atomic E-state index is -0.138. The first-order valence-electron chi connectivity index (χ1n) is 8.11. The van der Waals surface area contributed by atoms with Crippen LogP contribution in [0.3, 0.4) is 0 Å². The number of fused-ring (bicyclic) bond motifs is 1. The van der Waals surface area contributed by atoms with Crippen LogP contribution in [-0.2, 0) is 17.9 Å². The SMILES string of the molecule is CCN(CC(=O)Nc1ccc2c(c1)OCCO2)Cc1noc(CN)n1.Cl. The van der Waals surface area contributed by atoms with Crippen LogP contribution in [-0.4, -0.2) is 47.3 Å². The molecule has 0 saturated carbocycles. The number of anilines is 1. The number of carbonyl (C=O) groups excluding carboxylic acids is 1. The number of rotatable bonds is 7. The molecule has 2 aromatic rings. The van der Waals surface area contributed by atoms with Crippen molar-refractivity contribution >= 4 is 24.0 Å². The molecule has 9 nitrogen and oxygen atoms in total. The summed E-state index contributed by atoms with van der Waals surface area (Å²) < 4.78 is 16.0. The Balaban J connectivity index is 0.00000243. The number of amides is 1. The van der Waals surface area contributed by atoms with Crippen LogP contribution < -0.4 is 20.5 Å². The minimum Gasteiger partial charge on any atom is -0.486 e. The first kappa shape index (κ1) is 20.0. The van der Waals surface area contributed by atoms with Crippen molar-refractivity contribution < 1.29 is 18.8 Å². The van der Waals surface area contributed by atoms with Crippen molar-refractivity contribution in [3.05, 3.63) is 29.9 Å². The molecule has 142 valence electrons. The van der Waals surface area contributed by atoms with Crippen molar-refractivity contribution in [3.8, 4) is 11.5 Å². The number of aromatic nitrogens is 2. The van der Waals surface area contributed by atoms with Gasteiger partial charge < -0.3 is 25.0 Å². The number of nitrogens with one attached hydrogen (secondary N) is 1. The molecule has 0 saturated heterocycles. The number of carbonyl (C=O) groups is 1. The van der Waals surface area contributed by atoms with E-state index in [0.29, 0.717) is 55.2 Å². The standard InChI is InChI=1S/C16H21N5O4.ClH/c1-2-21(9-14-19-16(8-17)25-20-14)10-15(22)18-11-3-4-12-13(7-11)24-6-5-23-12;/h3-4,7H,2,5-6,8-10,17H2,1H3,(H,18,22);1H. The van der Waals surface area contributed by atoms with Gasteiger partial charge in [-0.05, 0) is 18.7 Å². The lowest BCUT2D eigenvalue weighted by atomic mass is 10.2. The second-order valence-corrected chi connectivity index (χ2v) is 5.52. The van der Waals surface area contributed by atoms with E-state index in [-0.39, 0.29) is 31.4 Å². The van der Waals surface area contributed by atoms with Gasteiger partial charge in [-0.2, -0.15) is 4.98 Å². The molecule has 1 aliphatic heterocycles. The number of halogens is 1. The zero-order chi connectivity index (χ0) is 17.6. The van der Waals surface area contributed by atoms with E-state index in [0.717, 1.165) is 0 Å². The molecular weight excluding hydrogens is 362 g/mol. The third-order valence-electron chi connectivity index (χ3n) is 3.69. The fourth-order valence-electron chi connectivity index (χ4n) is 2.44. The molecule has 1 aromatic heterocycles. The molecule has 3 N–H and O–H groups in total. The maximum atomic E-state index is 12.3. The highest BCUT2D eigenvalue weighted by atomic mass is 35.5. The molecule has 0 radical (unpaired) electrons. The lowest BCUT2D eigenvalue weighted by Gasteiger charge is -2.20. The van der Waals surface area contributed by atoms with Crippen LogP contribution in [0.25, 0.3) is 0 Å². The van der Waals surface area contributed by atoms with Crippen molar-refractivity contribution in [2.45, 2.75) is 20.0 Å². The first-order chi connectivity index (χ1) is 12.2. The Kier molecular flexibility index (Phi) is 7.19. The van der Waals surface area contributed by atoms with E-state index in [1.807, 2.05) is 11.8 Å². The van der Waals surface area contributed by atoms with Gasteiger partial charge in [0.2, 0.25) is 11.8 Å². The van der Waals surface area contributed by atoms with Crippen LogP contribution in [0.2, 0.25) is 0 Å². The van der Waals surface area contributed by atoms with Crippen molar-refractivity contribution in [2.24, 2.45) is 5.73 Å². The van der Waals surface area contributed by atoms with E-state index < -0.39 is 0 Å². The van der Waals surface area contributed by atoms with Gasteiger partial charge in [-0.3, -0.25) is 9.69 Å². The van der Waals surface area contributed by atoms with E-state index in [1.54, 1.807) is 18.2 Å². The van der Waals surface area contributed by atoms with Gasteiger partial charge in [-0.1, -0.05) is 12.1 Å². The molecular formula is C16H22ClN5O4. The smallest absolute Gasteiger partial charge is 0.240 e. The van der Waals surface area contributed by atoms with Crippen LogP contribution in [0.4, 0.5) is 5.69 Å². The number of hydrogen-bond acceptors (Lipinski definition) is 8. The van der Waals surface area contributed by atoms with Crippen molar-refractivity contribution in [1.82, 2.24) is 15.0 Å². The van der Waals surface area contributed by atoms with Gasteiger partial charge >= 0.3 is 0 Å². The Morgan fingerprint density at radius 3 is 2.77 bits per heavy atom. The van der Waals surface area contributed by atoms with Crippen molar-refractivity contribution in [2.75, 3.05) is 31.6 Å². The van der Waals surface area contributed by atoms with Crippen molar-refractivity contribution in [3.63, 3.8) is 0 Å². The van der Waals surface area contributed by atoms with E-state index in [9.17, 15) is 4.79 Å². The van der Waals surface area contributed by atoms with Gasteiger partial charge in [0.25, 0.3) is 0 Å². The molecule has 0 atom stereocenters. The summed E-state index contributed by atoms with van der Waals surface area (Å²) in [4.78, 5) is 18.3. The normalized spacial score (nSPS) is 12.6. The molecule has 3 rings (SSSR count). The second kappa shape index (κ2) is 9.37. The summed E-state index contributed by atoms with van der Waals surface area (Å²) in [6.07, 6.45) is 0. The van der Waals surface area contributed by atoms with Crippen LogP contribution >= 0.6 is 12.4 Å². The molecule has 1 aromatic carbocycles. The summed E-state index contributed by atoms with van der Waals surface area (Å²) in [5.41, 5.74) is 6.11. The average molecular weight is 384 g/mol. The molecule has 0 aliphatic carbocycles. The highest BCUT2D eigenvalue weighted by Crippen LogP contribution is 2.32. The maximum Gasteiger partial charge on any atom is 0.240 e. The number of nitrogens with zero attached hydrogens (tertiary/aromatic N) is 3. The zero-order valence-electron chi connectivity index (χ0n) is 14.4. The van der Waals surface area contributed by atoms with Gasteiger partial charge in [0.1, 0.15) is 13.2 Å². The predicted octanol–water partition coefficient (Wildman–Crippen LogP) is 1.18. The molecule has 1 aliphatic rings. The van der Waals surface area contributed by atoms with E-state index in [1.165, 1.54) is 0 Å². The zero-order valence-corrected chi connectivity index (χ0v) is 15.3. The molecule has 26 heavy (non-hydrogen) atoms. The quantitative estimate of drug-likeness (QED) is 0.732. The summed E-state index contributed by atoms with van der Waals surface area (Å²) in [5, 5.41) is 6.70. The second-order valence-electron chi connectivity index (χ2n) is 5.52. The Morgan fingerprint density at radius 1 is 1.31 bits per heavy atom. The van der Waals surface area contributed by atoms with Gasteiger partial charge in [0.15, 0.2) is 17.3 Å². The van der Waals surface area contributed by atoms with Gasteiger partial charge in [0, 0.05) is 11.8 Å².